The fourth-order valence-corrected chi connectivity index (χ4v) is 0.349. The number of halogens is 1. The minimum atomic E-state index is -0.804. The standard InChI is InChI=1S/C4H8ClNO2.H2O/c1-3(7)6-4(8)2-5;/h3,7H,2H2,1H3,(H,6,8);1H2. The first-order valence-electron chi connectivity index (χ1n) is 2.20. The molecule has 9 heavy (non-hydrogen) atoms. The van der Waals surface area contributed by atoms with E-state index in [1.165, 1.54) is 6.92 Å². The number of amides is 1. The molecule has 0 fully saturated rings. The molecule has 0 heterocycles. The zero-order chi connectivity index (χ0) is 6.57. The molecule has 1 amide bonds. The predicted molar refractivity (Wildman–Crippen MR) is 34.2 cm³/mol. The summed E-state index contributed by atoms with van der Waals surface area (Å²) < 4.78 is 0. The van der Waals surface area contributed by atoms with Crippen LogP contribution in [0.4, 0.5) is 0 Å². The van der Waals surface area contributed by atoms with Gasteiger partial charge in [0.2, 0.25) is 5.91 Å². The molecule has 0 aromatic carbocycles. The Balaban J connectivity index is 0. The third kappa shape index (κ3) is 7.68. The highest BCUT2D eigenvalue weighted by atomic mass is 35.5. The highest BCUT2D eigenvalue weighted by Gasteiger charge is 1.98. The Morgan fingerprint density at radius 1 is 1.89 bits per heavy atom. The SMILES string of the molecule is CC(O)NC(=O)CCl.O. The monoisotopic (exact) mass is 155 g/mol. The molecule has 1 unspecified atom stereocenters. The Bertz CT molecular complexity index is 85.9. The van der Waals surface area contributed by atoms with Crippen LogP contribution >= 0.6 is 11.6 Å². The molecule has 4 N–H and O–H groups in total. The predicted octanol–water partition coefficient (Wildman–Crippen LogP) is -1.15. The Labute approximate surface area is 58.1 Å². The molecule has 0 radical (unpaired) electrons. The first-order valence-corrected chi connectivity index (χ1v) is 2.73. The van der Waals surface area contributed by atoms with Gasteiger partial charge in [0.1, 0.15) is 12.1 Å². The lowest BCUT2D eigenvalue weighted by Gasteiger charge is -2.02. The zero-order valence-electron chi connectivity index (χ0n) is 5.02. The number of hydrogen-bond donors (Lipinski definition) is 2. The van der Waals surface area contributed by atoms with Crippen LogP contribution in [0.15, 0.2) is 0 Å². The lowest BCUT2D eigenvalue weighted by atomic mass is 10.6. The lowest BCUT2D eigenvalue weighted by Crippen LogP contribution is -2.32. The van der Waals surface area contributed by atoms with E-state index < -0.39 is 6.23 Å². The van der Waals surface area contributed by atoms with Crippen molar-refractivity contribution < 1.29 is 15.4 Å². The van der Waals surface area contributed by atoms with E-state index in [1.54, 1.807) is 0 Å². The molecule has 0 saturated heterocycles. The van der Waals surface area contributed by atoms with Crippen LogP contribution in [0.2, 0.25) is 0 Å². The van der Waals surface area contributed by atoms with Crippen LogP contribution in [0.5, 0.6) is 0 Å². The summed E-state index contributed by atoms with van der Waals surface area (Å²) in [4.78, 5) is 10.2. The van der Waals surface area contributed by atoms with Crippen molar-refractivity contribution in [2.75, 3.05) is 5.88 Å². The fourth-order valence-electron chi connectivity index (χ4n) is 0.272. The van der Waals surface area contributed by atoms with E-state index in [1.807, 2.05) is 0 Å². The summed E-state index contributed by atoms with van der Waals surface area (Å²) in [6.07, 6.45) is -0.804. The Hall–Kier alpha value is -0.320. The lowest BCUT2D eigenvalue weighted by molar-refractivity contribution is -0.121. The van der Waals surface area contributed by atoms with Crippen molar-refractivity contribution in [2.45, 2.75) is 13.2 Å². The van der Waals surface area contributed by atoms with Gasteiger partial charge in [0.15, 0.2) is 0 Å². The van der Waals surface area contributed by atoms with Gasteiger partial charge in [-0.05, 0) is 6.92 Å². The van der Waals surface area contributed by atoms with Gasteiger partial charge in [-0.2, -0.15) is 0 Å². The van der Waals surface area contributed by atoms with Crippen LogP contribution in [0.3, 0.4) is 0 Å². The Morgan fingerprint density at radius 2 is 2.33 bits per heavy atom. The van der Waals surface area contributed by atoms with Crippen LogP contribution < -0.4 is 5.32 Å². The number of carbonyl (C=O) groups excluding carboxylic acids is 1. The summed E-state index contributed by atoms with van der Waals surface area (Å²) in [5.41, 5.74) is 0. The van der Waals surface area contributed by atoms with E-state index in [9.17, 15) is 4.79 Å². The Morgan fingerprint density at radius 3 is 2.44 bits per heavy atom. The smallest absolute Gasteiger partial charge is 0.236 e. The number of aliphatic hydroxyl groups excluding tert-OH is 1. The number of aliphatic hydroxyl groups is 1. The second-order valence-corrected chi connectivity index (χ2v) is 1.64. The number of nitrogens with one attached hydrogen (secondary N) is 1. The molecular weight excluding hydrogens is 146 g/mol. The average Bonchev–Trinajstić information content (AvgIpc) is 1.65. The van der Waals surface area contributed by atoms with E-state index in [4.69, 9.17) is 16.7 Å². The molecular formula is C4H10ClNO3. The molecule has 0 aliphatic rings. The van der Waals surface area contributed by atoms with E-state index >= 15 is 0 Å². The maximum absolute atomic E-state index is 10.2. The minimum absolute atomic E-state index is 0. The van der Waals surface area contributed by atoms with Crippen molar-refractivity contribution in [2.24, 2.45) is 0 Å². The van der Waals surface area contributed by atoms with Crippen molar-refractivity contribution in [3.05, 3.63) is 0 Å². The molecule has 0 aliphatic carbocycles. The maximum atomic E-state index is 10.2. The maximum Gasteiger partial charge on any atom is 0.236 e. The largest absolute Gasteiger partial charge is 0.412 e. The molecule has 56 valence electrons. The Kier molecular flexibility index (Phi) is 7.41. The summed E-state index contributed by atoms with van der Waals surface area (Å²) in [6.45, 7) is 1.45. The minimum Gasteiger partial charge on any atom is -0.412 e. The molecule has 0 rings (SSSR count). The van der Waals surface area contributed by atoms with E-state index in [2.05, 4.69) is 5.32 Å². The van der Waals surface area contributed by atoms with Gasteiger partial charge in [0.05, 0.1) is 0 Å². The van der Waals surface area contributed by atoms with Gasteiger partial charge in [-0.25, -0.2) is 0 Å². The zero-order valence-corrected chi connectivity index (χ0v) is 5.77. The van der Waals surface area contributed by atoms with Crippen LogP contribution in [0.25, 0.3) is 0 Å². The van der Waals surface area contributed by atoms with Crippen molar-refractivity contribution in [1.82, 2.24) is 5.32 Å². The molecule has 0 aliphatic heterocycles. The van der Waals surface area contributed by atoms with Gasteiger partial charge >= 0.3 is 0 Å². The summed E-state index contributed by atoms with van der Waals surface area (Å²) >= 11 is 5.07. The van der Waals surface area contributed by atoms with Gasteiger partial charge in [0.25, 0.3) is 0 Å². The van der Waals surface area contributed by atoms with E-state index in [0.717, 1.165) is 0 Å². The molecule has 0 bridgehead atoms. The van der Waals surface area contributed by atoms with Crippen LogP contribution in [0.1, 0.15) is 6.92 Å². The number of alkyl halides is 1. The normalized spacial score (nSPS) is 11.4. The highest BCUT2D eigenvalue weighted by molar-refractivity contribution is 6.27. The quantitative estimate of drug-likeness (QED) is 0.390. The van der Waals surface area contributed by atoms with Gasteiger partial charge in [-0.1, -0.05) is 0 Å². The molecule has 0 aromatic heterocycles. The summed E-state index contributed by atoms with van der Waals surface area (Å²) in [6, 6.07) is 0. The van der Waals surface area contributed by atoms with Crippen molar-refractivity contribution in [3.8, 4) is 0 Å². The van der Waals surface area contributed by atoms with Gasteiger partial charge in [-0.15, -0.1) is 11.6 Å². The second kappa shape index (κ2) is 5.81. The number of rotatable bonds is 2. The second-order valence-electron chi connectivity index (χ2n) is 1.38. The third-order valence-electron chi connectivity index (χ3n) is 0.491. The van der Waals surface area contributed by atoms with Crippen LogP contribution in [0, 0.1) is 0 Å². The number of hydrogen-bond acceptors (Lipinski definition) is 2. The van der Waals surface area contributed by atoms with Gasteiger partial charge < -0.3 is 15.9 Å². The average molecular weight is 156 g/mol. The molecule has 0 saturated carbocycles. The summed E-state index contributed by atoms with van der Waals surface area (Å²) in [5.74, 6) is -0.466. The van der Waals surface area contributed by atoms with Crippen molar-refractivity contribution in [3.63, 3.8) is 0 Å². The highest BCUT2D eigenvalue weighted by Crippen LogP contribution is 1.76. The first-order chi connectivity index (χ1) is 3.66. The number of carbonyl (C=O) groups is 1. The molecule has 1 atom stereocenters. The fraction of sp³-hybridized carbons (Fsp3) is 0.750. The molecule has 4 nitrogen and oxygen atoms in total. The summed E-state index contributed by atoms with van der Waals surface area (Å²) in [7, 11) is 0. The van der Waals surface area contributed by atoms with Gasteiger partial charge in [-0.3, -0.25) is 4.79 Å². The first kappa shape index (κ1) is 11.5. The third-order valence-corrected chi connectivity index (χ3v) is 0.734. The molecule has 0 spiro atoms. The molecule has 0 aromatic rings. The topological polar surface area (TPSA) is 80.8 Å². The molecule has 5 heteroatoms. The van der Waals surface area contributed by atoms with Crippen molar-refractivity contribution in [1.29, 1.82) is 0 Å². The van der Waals surface area contributed by atoms with E-state index in [-0.39, 0.29) is 17.3 Å². The van der Waals surface area contributed by atoms with Crippen LogP contribution in [-0.2, 0) is 4.79 Å². The summed E-state index contributed by atoms with van der Waals surface area (Å²) in [5, 5.41) is 10.6. The van der Waals surface area contributed by atoms with E-state index in [0.29, 0.717) is 0 Å². The van der Waals surface area contributed by atoms with Crippen molar-refractivity contribution >= 4 is 17.5 Å². The van der Waals surface area contributed by atoms with Gasteiger partial charge in [0, 0.05) is 0 Å². The van der Waals surface area contributed by atoms with Crippen LogP contribution in [-0.4, -0.2) is 28.6 Å².